The number of hydrogen-bond acceptors (Lipinski definition) is 39. The van der Waals surface area contributed by atoms with Crippen LogP contribution in [0.3, 0.4) is 0 Å². The minimum absolute atomic E-state index is 0.00179. The number of carbonyl (C=O) groups excluding carboxylic acids is 6. The fourth-order valence-electron chi connectivity index (χ4n) is 15.5. The van der Waals surface area contributed by atoms with Crippen LogP contribution in [-0.4, -0.2) is 266 Å². The van der Waals surface area contributed by atoms with Crippen molar-refractivity contribution in [2.75, 3.05) is 87.7 Å². The number of ether oxygens (including phenoxy) is 11. The Morgan fingerprint density at radius 3 is 2.04 bits per heavy atom. The number of carboxylic acid groups (broad SMARTS) is 2. The summed E-state index contributed by atoms with van der Waals surface area (Å²) in [4.78, 5) is 124. The zero-order valence-corrected chi connectivity index (χ0v) is 82.9. The highest BCUT2D eigenvalue weighted by Gasteiger charge is 2.62. The molecule has 51 heteroatoms. The summed E-state index contributed by atoms with van der Waals surface area (Å²) in [5.74, 6) is -6.69. The van der Waals surface area contributed by atoms with E-state index in [1.165, 1.54) is 122 Å². The minimum Gasteiger partial charge on any atom is -0.507 e. The Hall–Kier alpha value is -12.5. The Morgan fingerprint density at radius 2 is 1.46 bits per heavy atom. The molecule has 2 saturated heterocycles. The third kappa shape index (κ3) is 30.1. The fourth-order valence-corrected chi connectivity index (χ4v) is 17.7. The molecule has 4 fully saturated rings. The second kappa shape index (κ2) is 50.7. The number of amides is 2. The highest BCUT2D eigenvalue weighted by molar-refractivity contribution is 8.00. The van der Waals surface area contributed by atoms with Crippen LogP contribution in [0, 0.1) is 54.2 Å². The maximum Gasteiger partial charge on any atom is 0.510 e. The molecular weight excluding hydrogens is 1960 g/mol. The van der Waals surface area contributed by atoms with Crippen LogP contribution in [0.4, 0.5) is 55.0 Å². The first-order valence-corrected chi connectivity index (χ1v) is 48.2. The maximum absolute atomic E-state index is 14.5. The highest BCUT2D eigenvalue weighted by Crippen LogP contribution is 2.56. The number of nitrogens with one attached hydrogen (secondary N) is 2. The number of ketones is 1. The Labute approximate surface area is 826 Å². The zero-order chi connectivity index (χ0) is 106. The summed E-state index contributed by atoms with van der Waals surface area (Å²) in [6.45, 7) is 22.2. The molecule has 13 atom stereocenters. The van der Waals surface area contributed by atoms with Gasteiger partial charge >= 0.3 is 61.6 Å². The number of carbonyl (C=O) groups is 8. The number of aliphatic hydroxyl groups is 3. The van der Waals surface area contributed by atoms with Crippen LogP contribution in [0.25, 0.3) is 21.9 Å². The molecule has 5 bridgehead atoms. The van der Waals surface area contributed by atoms with Crippen LogP contribution < -0.4 is 32.5 Å². The summed E-state index contributed by atoms with van der Waals surface area (Å²) in [5.41, 5.74) is 7.26. The van der Waals surface area contributed by atoms with Crippen LogP contribution in [0.2, 0.25) is 5.02 Å². The second-order valence-corrected chi connectivity index (χ2v) is 38.2. The van der Waals surface area contributed by atoms with Gasteiger partial charge in [-0.25, -0.2) is 48.1 Å². The Morgan fingerprint density at radius 1 is 0.825 bits per heavy atom. The molecule has 0 spiro atoms. The third-order valence-corrected chi connectivity index (χ3v) is 26.0. The Balaban J connectivity index is 0.000000235. The number of aromatic nitrogens is 6. The van der Waals surface area contributed by atoms with Crippen LogP contribution in [0.5, 0.6) is 23.0 Å². The van der Waals surface area contributed by atoms with Gasteiger partial charge in [0.1, 0.15) is 53.2 Å². The van der Waals surface area contributed by atoms with Gasteiger partial charge in [0.05, 0.1) is 103 Å². The number of allylic oxidation sites excluding steroid dienone is 2. The van der Waals surface area contributed by atoms with Crippen molar-refractivity contribution < 1.29 is 162 Å². The number of carboxylic acids is 2. The van der Waals surface area contributed by atoms with Crippen molar-refractivity contribution in [3.63, 3.8) is 0 Å². The lowest BCUT2D eigenvalue weighted by Gasteiger charge is -2.38. The SMILES string of the molecule is CC(C)OC(=O)OCOP(=O)(CO[C@H](C)Cn1cnc2c(N)ncnc21)OCOC(=O)OC(C)C.CO[C@H]1/C=C/O[C@@]2(C)Oc3c(C)c(O)c4c(O)c(c(/C=N/N5CCN(C6CCCC6)CC5)c(O)c4c3C2=O)NC(=O)/C(C)=C\C=C\[C@H](C)[C@H](O)[C@@H](C)[C@@H](O)[C@@H](C)[C@H](OC(C)=O)[C@@H]1C.Nc1nc(=O)n([C@@H]2CS[C@H](CO)O2)cc1F.O=C(O)/C=C/C(=O)O.O=C1Nc2ccc(Cl)cc2[C@@](C#CC2CC2)(C(F)(F)F)O1. The Kier molecular flexibility index (Phi) is 40.4. The molecule has 9 heterocycles. The fraction of sp³-hybridized carbons (Fsp3) is 0.522. The maximum atomic E-state index is 14.5. The topological polar surface area (TPSA) is 609 Å². The molecule has 6 aromatic rings. The number of nitrogen functional groups attached to an aromatic ring is 2. The van der Waals surface area contributed by atoms with Crippen molar-refractivity contribution in [1.82, 2.24) is 39.0 Å². The lowest BCUT2D eigenvalue weighted by molar-refractivity contribution is -0.239. The lowest BCUT2D eigenvalue weighted by atomic mass is 9.78. The molecule has 14 rings (SSSR count). The molecule has 6 aliphatic heterocycles. The number of phenols is 3. The zero-order valence-electron chi connectivity index (χ0n) is 80.4. The number of anilines is 4. The van der Waals surface area contributed by atoms with E-state index in [2.05, 4.69) is 57.1 Å². The number of halogens is 5. The minimum atomic E-state index is -4.87. The number of piperazine rings is 1. The molecule has 14 N–H and O–H groups in total. The van der Waals surface area contributed by atoms with E-state index in [4.69, 9.17) is 94.8 Å². The predicted octanol–water partition coefficient (Wildman–Crippen LogP) is 12.0. The van der Waals surface area contributed by atoms with Gasteiger partial charge in [0.2, 0.25) is 13.6 Å². The molecular formula is C92H117ClF4N13O31PS. The standard InChI is InChI=1S/C47H64N4O12.C19H30N5O10P.C14H9ClF3NO2.C8H10FN3O3S.C4H4O4/c1-24-13-12-14-25(2)46(59)49-37-32(23-48-51-20-18-50(19-21-51)31-15-10-11-16-31)41(56)34-35(42(37)57)40(55)29(6)44-36(34)45(58)47(8,63-44)61-22-17-33(60-9)26(3)43(62-30(7)52)28(5)39(54)27(4)38(24)53;1-12(2)33-18(25)28-9-31-35(27,32-10-29-19(26)34-13(3)4)11-30-14(5)6-24-8-23-15-16(20)21-7-22-17(15)24;15-9-3-4-11-10(7-9)13(14(16,17)18,21-12(20)19-11)6-5-8-1-2-8;9-4-1-12(8(14)11-7(4)10)5-3-16-6(2-13)15-5;5-3(6)1-2-4(7)8/h12-14,17,22-24,26-28,31,33,38-39,43,53-57H,10-11,15-16,18-21H2,1-9H3,(H,49,59);7-8,12-14H,6,9-11H2,1-5H3,(H2,20,21,22);3-4,7-8H,1-2H2,(H,19,20);1,5-6,13H,2-3H2,(H2,10,11,14);1-2H,(H,5,6)(H,7,8)/b13-12+,22-17+,25-14-,48-23+;;;;2-1+/t24-,26+,27+,28+,33-,38-,39+,43+,47-;14-;13-;5-,6+;/m0100./s1. The average Bonchev–Trinajstić information content (AvgIpc) is 1.57. The van der Waals surface area contributed by atoms with Crippen LogP contribution >= 0.6 is 31.0 Å². The van der Waals surface area contributed by atoms with Gasteiger partial charge in [0.15, 0.2) is 28.8 Å². The van der Waals surface area contributed by atoms with E-state index in [1.54, 1.807) is 79.0 Å². The molecule has 143 heavy (non-hydrogen) atoms. The number of hydrogen-bond donors (Lipinski definition) is 12. The van der Waals surface area contributed by atoms with Gasteiger partial charge in [0, 0.05) is 128 Å². The number of imidazole rings is 1. The molecule has 8 aliphatic rings. The van der Waals surface area contributed by atoms with Crippen molar-refractivity contribution in [3.05, 3.63) is 129 Å². The first-order chi connectivity index (χ1) is 67.3. The van der Waals surface area contributed by atoms with Crippen LogP contribution in [-0.2, 0) is 92.3 Å². The normalized spacial score (nSPS) is 24.2. The van der Waals surface area contributed by atoms with Gasteiger partial charge in [-0.15, -0.1) is 11.8 Å². The summed E-state index contributed by atoms with van der Waals surface area (Å²) in [5, 5.41) is 94.4. The summed E-state index contributed by atoms with van der Waals surface area (Å²) in [6.07, 6.45) is 5.55. The van der Waals surface area contributed by atoms with Crippen molar-refractivity contribution in [3.8, 4) is 34.8 Å². The lowest BCUT2D eigenvalue weighted by Crippen LogP contribution is -2.49. The Bertz CT molecular complexity index is 5880. The second-order valence-electron chi connectivity index (χ2n) is 34.6. The molecule has 782 valence electrons. The molecule has 3 aromatic heterocycles. The first kappa shape index (κ1) is 114. The molecule has 3 aromatic carbocycles. The van der Waals surface area contributed by atoms with E-state index in [0.717, 1.165) is 42.8 Å². The van der Waals surface area contributed by atoms with Gasteiger partial charge in [-0.3, -0.25) is 47.8 Å². The number of aromatic hydroxyl groups is 3. The molecule has 2 saturated carbocycles. The predicted molar refractivity (Wildman–Crippen MR) is 507 cm³/mol. The number of hydrazone groups is 1. The summed E-state index contributed by atoms with van der Waals surface area (Å²) in [7, 11) is -2.61. The van der Waals surface area contributed by atoms with Crippen LogP contribution in [0.15, 0.2) is 95.2 Å². The van der Waals surface area contributed by atoms with Crippen molar-refractivity contribution in [2.24, 2.45) is 34.7 Å². The van der Waals surface area contributed by atoms with E-state index < -0.39 is 206 Å². The van der Waals surface area contributed by atoms with Crippen molar-refractivity contribution in [1.29, 1.82) is 0 Å². The van der Waals surface area contributed by atoms with Gasteiger partial charge in [-0.05, 0) is 104 Å². The number of aliphatic carboxylic acids is 2. The number of thioether (sulfide) groups is 1. The van der Waals surface area contributed by atoms with Gasteiger partial charge < -0.3 is 114 Å². The van der Waals surface area contributed by atoms with Crippen molar-refractivity contribution in [2.45, 2.75) is 213 Å². The average molecular weight is 2080 g/mol. The highest BCUT2D eigenvalue weighted by atomic mass is 35.5. The van der Waals surface area contributed by atoms with Gasteiger partial charge in [-0.2, -0.15) is 23.3 Å². The number of nitrogens with zero attached hydrogens (tertiary/aromatic N) is 9. The van der Waals surface area contributed by atoms with E-state index in [0.29, 0.717) is 48.2 Å². The summed E-state index contributed by atoms with van der Waals surface area (Å²) < 4.78 is 138. The van der Waals surface area contributed by atoms with Gasteiger partial charge in [-0.1, -0.05) is 76.3 Å². The van der Waals surface area contributed by atoms with E-state index in [1.807, 2.05) is 5.01 Å². The van der Waals surface area contributed by atoms with E-state index in [9.17, 15) is 90.8 Å². The van der Waals surface area contributed by atoms with E-state index in [-0.39, 0.29) is 85.6 Å². The number of benzene rings is 3. The van der Waals surface area contributed by atoms with Crippen molar-refractivity contribution >= 4 is 130 Å². The molecule has 44 nitrogen and oxygen atoms in total. The summed E-state index contributed by atoms with van der Waals surface area (Å²) in [6, 6.07) is 4.36. The number of phenolic OH excluding ortho intramolecular Hbond substituents is 3. The summed E-state index contributed by atoms with van der Waals surface area (Å²) >= 11 is 7.13. The number of Topliss-reactive ketones (excluding diaryl/α,β-unsaturated/α-hetero) is 1. The number of nitrogens with two attached hydrogens (primary N) is 2. The molecule has 0 unspecified atom stereocenters. The largest absolute Gasteiger partial charge is 0.510 e. The smallest absolute Gasteiger partial charge is 0.507 e. The number of esters is 1. The molecule has 2 aliphatic carbocycles. The molecule has 0 radical (unpaired) electrons. The van der Waals surface area contributed by atoms with Gasteiger partial charge in [0.25, 0.3) is 17.3 Å². The first-order valence-electron chi connectivity index (χ1n) is 45.0. The van der Waals surface area contributed by atoms with E-state index >= 15 is 0 Å². The monoisotopic (exact) mass is 2070 g/mol. The number of rotatable bonds is 22. The number of alkyl halides is 3. The number of fused-ring (bicyclic) bond motifs is 16. The number of methoxy groups -OCH3 is 1. The number of cyclic esters (lactones) is 1. The third-order valence-electron chi connectivity index (χ3n) is 23.2. The van der Waals surface area contributed by atoms with Crippen LogP contribution in [0.1, 0.15) is 155 Å². The molecule has 2 amide bonds. The number of aliphatic hydroxyl groups excluding tert-OH is 3. The quantitative estimate of drug-likeness (QED) is 0.00287.